The van der Waals surface area contributed by atoms with Crippen molar-refractivity contribution in [3.8, 4) is 0 Å². The van der Waals surface area contributed by atoms with E-state index in [9.17, 15) is 0 Å². The third kappa shape index (κ3) is 2.71. The molecule has 1 aliphatic rings. The molecule has 2 aromatic rings. The molecule has 3 nitrogen and oxygen atoms in total. The van der Waals surface area contributed by atoms with Gasteiger partial charge in [0.05, 0.1) is 12.2 Å². The molecule has 3 heteroatoms. The number of pyridine rings is 1. The van der Waals surface area contributed by atoms with Crippen molar-refractivity contribution in [1.82, 2.24) is 9.55 Å². The van der Waals surface area contributed by atoms with Crippen molar-refractivity contribution < 1.29 is 0 Å². The molecule has 0 saturated carbocycles. The highest BCUT2D eigenvalue weighted by atomic mass is 15.0. The lowest BCUT2D eigenvalue weighted by atomic mass is 10.1. The zero-order valence-electron chi connectivity index (χ0n) is 11.5. The maximum Gasteiger partial charge on any atom is 0.0643 e. The predicted octanol–water partition coefficient (Wildman–Crippen LogP) is 2.97. The van der Waals surface area contributed by atoms with Gasteiger partial charge in [0.2, 0.25) is 0 Å². The Morgan fingerprint density at radius 3 is 3.05 bits per heavy atom. The first-order valence-electron chi connectivity index (χ1n) is 7.09. The van der Waals surface area contributed by atoms with Crippen LogP contribution >= 0.6 is 0 Å². The van der Waals surface area contributed by atoms with Gasteiger partial charge in [-0.05, 0) is 49.4 Å². The lowest BCUT2D eigenvalue weighted by Crippen LogP contribution is -2.09. The summed E-state index contributed by atoms with van der Waals surface area (Å²) in [5, 5.41) is 0. The quantitative estimate of drug-likeness (QED) is 0.838. The molecule has 0 fully saturated rings. The van der Waals surface area contributed by atoms with Gasteiger partial charge in [0.25, 0.3) is 0 Å². The average molecular weight is 255 g/mol. The van der Waals surface area contributed by atoms with Crippen molar-refractivity contribution in [3.63, 3.8) is 0 Å². The molecule has 0 aromatic carbocycles. The molecule has 0 spiro atoms. The zero-order chi connectivity index (χ0) is 13.2. The summed E-state index contributed by atoms with van der Waals surface area (Å²) in [7, 11) is 0. The fraction of sp³-hybridized carbons (Fsp3) is 0.438. The summed E-state index contributed by atoms with van der Waals surface area (Å²) in [6, 6.07) is 6.39. The van der Waals surface area contributed by atoms with Crippen molar-refractivity contribution in [1.29, 1.82) is 0 Å². The van der Waals surface area contributed by atoms with Gasteiger partial charge >= 0.3 is 0 Å². The lowest BCUT2D eigenvalue weighted by Gasteiger charge is -2.07. The van der Waals surface area contributed by atoms with Crippen LogP contribution in [0.5, 0.6) is 0 Å². The second-order valence-corrected chi connectivity index (χ2v) is 5.53. The minimum Gasteiger partial charge on any atom is -0.348 e. The first-order valence-corrected chi connectivity index (χ1v) is 7.09. The Balaban J connectivity index is 1.85. The summed E-state index contributed by atoms with van der Waals surface area (Å²) >= 11 is 0. The Bertz CT molecular complexity index is 571. The van der Waals surface area contributed by atoms with Gasteiger partial charge in [-0.15, -0.1) is 0 Å². The summed E-state index contributed by atoms with van der Waals surface area (Å²) in [6.45, 7) is 2.87. The van der Waals surface area contributed by atoms with Crippen LogP contribution in [0.2, 0.25) is 0 Å². The largest absolute Gasteiger partial charge is 0.348 e. The van der Waals surface area contributed by atoms with E-state index in [0.29, 0.717) is 0 Å². The third-order valence-corrected chi connectivity index (χ3v) is 3.90. The molecule has 1 atom stereocenters. The topological polar surface area (TPSA) is 43.8 Å². The normalized spacial score (nSPS) is 18.9. The second kappa shape index (κ2) is 5.17. The van der Waals surface area contributed by atoms with Crippen molar-refractivity contribution in [2.75, 3.05) is 0 Å². The van der Waals surface area contributed by atoms with E-state index in [0.717, 1.165) is 30.8 Å². The molecule has 0 radical (unpaired) electrons. The molecule has 0 saturated heterocycles. The van der Waals surface area contributed by atoms with E-state index in [1.807, 2.05) is 13.0 Å². The number of rotatable bonds is 2. The molecule has 0 aliphatic heterocycles. The SMILES string of the molecule is Cc1cccc(Cn2cc3c(c2)C(N)CCCC3)n1. The fourth-order valence-corrected chi connectivity index (χ4v) is 2.92. The lowest BCUT2D eigenvalue weighted by molar-refractivity contribution is 0.609. The van der Waals surface area contributed by atoms with Crippen LogP contribution < -0.4 is 5.73 Å². The number of hydrogen-bond donors (Lipinski definition) is 1. The Hall–Kier alpha value is -1.61. The number of aryl methyl sites for hydroxylation is 2. The molecule has 3 rings (SSSR count). The van der Waals surface area contributed by atoms with E-state index in [1.54, 1.807) is 0 Å². The van der Waals surface area contributed by atoms with Gasteiger partial charge in [0.15, 0.2) is 0 Å². The van der Waals surface area contributed by atoms with Crippen molar-refractivity contribution in [2.24, 2.45) is 5.73 Å². The maximum atomic E-state index is 6.25. The Morgan fingerprint density at radius 2 is 2.21 bits per heavy atom. The number of nitrogens with zero attached hydrogens (tertiary/aromatic N) is 2. The monoisotopic (exact) mass is 255 g/mol. The van der Waals surface area contributed by atoms with E-state index >= 15 is 0 Å². The first-order chi connectivity index (χ1) is 9.22. The summed E-state index contributed by atoms with van der Waals surface area (Å²) in [5.41, 5.74) is 11.2. The number of nitrogens with two attached hydrogens (primary N) is 1. The van der Waals surface area contributed by atoms with Crippen LogP contribution in [0.4, 0.5) is 0 Å². The number of hydrogen-bond acceptors (Lipinski definition) is 2. The molecular weight excluding hydrogens is 234 g/mol. The van der Waals surface area contributed by atoms with Gasteiger partial charge in [-0.3, -0.25) is 4.98 Å². The summed E-state index contributed by atoms with van der Waals surface area (Å²) in [5.74, 6) is 0. The van der Waals surface area contributed by atoms with Gasteiger partial charge in [-0.25, -0.2) is 0 Å². The maximum absolute atomic E-state index is 6.25. The minimum absolute atomic E-state index is 0.212. The van der Waals surface area contributed by atoms with E-state index in [1.165, 1.54) is 24.0 Å². The van der Waals surface area contributed by atoms with Crippen LogP contribution in [0.1, 0.15) is 47.8 Å². The Morgan fingerprint density at radius 1 is 1.32 bits per heavy atom. The van der Waals surface area contributed by atoms with Crippen molar-refractivity contribution in [2.45, 2.75) is 45.2 Å². The molecule has 1 aliphatic carbocycles. The van der Waals surface area contributed by atoms with Gasteiger partial charge in [0.1, 0.15) is 0 Å². The van der Waals surface area contributed by atoms with Gasteiger partial charge in [-0.1, -0.05) is 12.5 Å². The van der Waals surface area contributed by atoms with Crippen LogP contribution in [-0.4, -0.2) is 9.55 Å². The van der Waals surface area contributed by atoms with Gasteiger partial charge in [-0.2, -0.15) is 0 Å². The van der Waals surface area contributed by atoms with Gasteiger partial charge in [0, 0.05) is 24.1 Å². The van der Waals surface area contributed by atoms with E-state index < -0.39 is 0 Å². The molecule has 0 amide bonds. The summed E-state index contributed by atoms with van der Waals surface area (Å²) in [6.07, 6.45) is 9.25. The molecule has 2 N–H and O–H groups in total. The fourth-order valence-electron chi connectivity index (χ4n) is 2.92. The highest BCUT2D eigenvalue weighted by Crippen LogP contribution is 2.27. The number of aromatic nitrogens is 2. The molecule has 19 heavy (non-hydrogen) atoms. The van der Waals surface area contributed by atoms with E-state index in [-0.39, 0.29) is 6.04 Å². The third-order valence-electron chi connectivity index (χ3n) is 3.90. The Kier molecular flexibility index (Phi) is 3.38. The molecule has 1 unspecified atom stereocenters. The van der Waals surface area contributed by atoms with E-state index in [2.05, 4.69) is 34.1 Å². The molecule has 2 heterocycles. The number of fused-ring (bicyclic) bond motifs is 1. The van der Waals surface area contributed by atoms with Crippen LogP contribution in [0, 0.1) is 6.92 Å². The van der Waals surface area contributed by atoms with Gasteiger partial charge < -0.3 is 10.3 Å². The predicted molar refractivity (Wildman–Crippen MR) is 77.0 cm³/mol. The van der Waals surface area contributed by atoms with Crippen LogP contribution in [0.3, 0.4) is 0 Å². The van der Waals surface area contributed by atoms with Crippen molar-refractivity contribution >= 4 is 0 Å². The standard InChI is InChI=1S/C16H21N3/c1-12-5-4-7-14(18-12)10-19-9-13-6-2-3-8-16(17)15(13)11-19/h4-5,7,9,11,16H,2-3,6,8,10,17H2,1H3. The Labute approximate surface area is 114 Å². The first kappa shape index (κ1) is 12.4. The van der Waals surface area contributed by atoms with Crippen LogP contribution in [0.15, 0.2) is 30.6 Å². The zero-order valence-corrected chi connectivity index (χ0v) is 11.5. The highest BCUT2D eigenvalue weighted by molar-refractivity contribution is 5.29. The minimum atomic E-state index is 0.212. The highest BCUT2D eigenvalue weighted by Gasteiger charge is 2.17. The average Bonchev–Trinajstić information content (AvgIpc) is 2.70. The molecule has 0 bridgehead atoms. The van der Waals surface area contributed by atoms with Crippen LogP contribution in [-0.2, 0) is 13.0 Å². The van der Waals surface area contributed by atoms with Crippen LogP contribution in [0.25, 0.3) is 0 Å². The molecular formula is C16H21N3. The van der Waals surface area contributed by atoms with Crippen molar-refractivity contribution in [3.05, 3.63) is 53.1 Å². The molecule has 100 valence electrons. The second-order valence-electron chi connectivity index (χ2n) is 5.53. The molecule has 2 aromatic heterocycles. The summed E-state index contributed by atoms with van der Waals surface area (Å²) in [4.78, 5) is 4.56. The smallest absolute Gasteiger partial charge is 0.0643 e. The summed E-state index contributed by atoms with van der Waals surface area (Å²) < 4.78 is 2.23. The van der Waals surface area contributed by atoms with E-state index in [4.69, 9.17) is 5.73 Å².